The first-order valence-electron chi connectivity index (χ1n) is 10.1. The summed E-state index contributed by atoms with van der Waals surface area (Å²) >= 11 is 0. The Labute approximate surface area is 167 Å². The molecule has 1 N–H and O–H groups in total. The van der Waals surface area contributed by atoms with E-state index in [0.717, 1.165) is 5.56 Å². The molecule has 1 saturated heterocycles. The largest absolute Gasteiger partial charge is 0.350 e. The van der Waals surface area contributed by atoms with Gasteiger partial charge in [-0.15, -0.1) is 0 Å². The molecular weight excluding hydrogens is 352 g/mol. The van der Waals surface area contributed by atoms with Gasteiger partial charge in [0.25, 0.3) is 0 Å². The third kappa shape index (κ3) is 4.18. The number of imide groups is 1. The predicted octanol–water partition coefficient (Wildman–Crippen LogP) is 3.50. The quantitative estimate of drug-likeness (QED) is 0.626. The van der Waals surface area contributed by atoms with E-state index in [2.05, 4.69) is 38.2 Å². The minimum Gasteiger partial charge on any atom is -0.350 e. The molecule has 2 aliphatic rings. The standard InChI is InChI=1S/C23H30N2O3/c1-15(16-9-11-17(12-10-16)23(2,3)4)24-20(26)13-14-25-21(27)18-7-5-6-8-19(18)22(25)28/h5-6,9-12,15,18-19H,7-8,13-14H2,1-4H3,(H,24,26)/t15-,18-,19+/m1/s1. The van der Waals surface area contributed by atoms with E-state index in [1.54, 1.807) is 0 Å². The van der Waals surface area contributed by atoms with Crippen LogP contribution in [-0.4, -0.2) is 29.2 Å². The van der Waals surface area contributed by atoms with E-state index >= 15 is 0 Å². The maximum absolute atomic E-state index is 12.5. The van der Waals surface area contributed by atoms with E-state index in [9.17, 15) is 14.4 Å². The van der Waals surface area contributed by atoms with Gasteiger partial charge in [0.2, 0.25) is 17.7 Å². The molecule has 0 radical (unpaired) electrons. The summed E-state index contributed by atoms with van der Waals surface area (Å²) in [6.45, 7) is 8.60. The minimum absolute atomic E-state index is 0.0898. The van der Waals surface area contributed by atoms with Gasteiger partial charge in [0, 0.05) is 13.0 Å². The molecule has 5 heteroatoms. The molecule has 1 heterocycles. The fourth-order valence-corrected chi connectivity index (χ4v) is 3.97. The fraction of sp³-hybridized carbons (Fsp3) is 0.522. The highest BCUT2D eigenvalue weighted by Gasteiger charge is 2.46. The number of likely N-dealkylation sites (tertiary alicyclic amines) is 1. The second-order valence-electron chi connectivity index (χ2n) is 8.90. The number of nitrogens with zero attached hydrogens (tertiary/aromatic N) is 1. The van der Waals surface area contributed by atoms with Crippen LogP contribution >= 0.6 is 0 Å². The number of benzene rings is 1. The van der Waals surface area contributed by atoms with Crippen LogP contribution in [0.2, 0.25) is 0 Å². The van der Waals surface area contributed by atoms with E-state index in [0.29, 0.717) is 12.8 Å². The zero-order valence-electron chi connectivity index (χ0n) is 17.2. The number of rotatable bonds is 5. The van der Waals surface area contributed by atoms with Gasteiger partial charge in [0.1, 0.15) is 0 Å². The molecular formula is C23H30N2O3. The highest BCUT2D eigenvalue weighted by atomic mass is 16.2. The summed E-state index contributed by atoms with van der Waals surface area (Å²) in [5, 5.41) is 2.97. The number of hydrogen-bond acceptors (Lipinski definition) is 3. The van der Waals surface area contributed by atoms with Gasteiger partial charge in [0.15, 0.2) is 0 Å². The van der Waals surface area contributed by atoms with Crippen molar-refractivity contribution in [3.8, 4) is 0 Å². The van der Waals surface area contributed by atoms with E-state index < -0.39 is 0 Å². The van der Waals surface area contributed by atoms with Crippen molar-refractivity contribution < 1.29 is 14.4 Å². The third-order valence-corrected chi connectivity index (χ3v) is 5.82. The van der Waals surface area contributed by atoms with Crippen molar-refractivity contribution in [1.29, 1.82) is 0 Å². The Balaban J connectivity index is 1.53. The van der Waals surface area contributed by atoms with Crippen molar-refractivity contribution >= 4 is 17.7 Å². The SMILES string of the molecule is C[C@@H](NC(=O)CCN1C(=O)[C@H]2CC=CC[C@H]2C1=O)c1ccc(C(C)(C)C)cc1. The number of nitrogens with one attached hydrogen (secondary N) is 1. The molecule has 3 amide bonds. The first-order chi connectivity index (χ1) is 13.2. The van der Waals surface area contributed by atoms with Gasteiger partial charge >= 0.3 is 0 Å². The molecule has 28 heavy (non-hydrogen) atoms. The minimum atomic E-state index is -0.235. The van der Waals surface area contributed by atoms with Gasteiger partial charge < -0.3 is 5.32 Å². The predicted molar refractivity (Wildman–Crippen MR) is 108 cm³/mol. The molecule has 1 fully saturated rings. The summed E-state index contributed by atoms with van der Waals surface area (Å²) in [6.07, 6.45) is 5.32. The summed E-state index contributed by atoms with van der Waals surface area (Å²) in [5.74, 6) is -0.876. The second-order valence-corrected chi connectivity index (χ2v) is 8.90. The van der Waals surface area contributed by atoms with Gasteiger partial charge in [-0.05, 0) is 36.3 Å². The van der Waals surface area contributed by atoms with Crippen molar-refractivity contribution in [3.63, 3.8) is 0 Å². The molecule has 0 saturated carbocycles. The van der Waals surface area contributed by atoms with E-state index in [-0.39, 0.29) is 54.0 Å². The van der Waals surface area contributed by atoms with Gasteiger partial charge in [-0.2, -0.15) is 0 Å². The Morgan fingerprint density at radius 2 is 1.61 bits per heavy atom. The molecule has 3 rings (SSSR count). The lowest BCUT2D eigenvalue weighted by Gasteiger charge is -2.21. The first-order valence-corrected chi connectivity index (χ1v) is 10.1. The van der Waals surface area contributed by atoms with Crippen LogP contribution in [0.15, 0.2) is 36.4 Å². The molecule has 0 spiro atoms. The lowest BCUT2D eigenvalue weighted by Crippen LogP contribution is -2.36. The van der Waals surface area contributed by atoms with Crippen molar-refractivity contribution in [2.75, 3.05) is 6.54 Å². The maximum Gasteiger partial charge on any atom is 0.233 e. The molecule has 5 nitrogen and oxygen atoms in total. The Bertz CT molecular complexity index is 763. The van der Waals surface area contributed by atoms with Crippen LogP contribution in [0.5, 0.6) is 0 Å². The Kier molecular flexibility index (Phi) is 5.73. The number of fused-ring (bicyclic) bond motifs is 1. The first kappa shape index (κ1) is 20.3. The van der Waals surface area contributed by atoms with E-state index in [1.807, 2.05) is 31.2 Å². The van der Waals surface area contributed by atoms with Crippen LogP contribution in [0.25, 0.3) is 0 Å². The highest BCUT2D eigenvalue weighted by molar-refractivity contribution is 6.05. The number of carbonyl (C=O) groups is 3. The molecule has 1 aliphatic heterocycles. The average molecular weight is 383 g/mol. The van der Waals surface area contributed by atoms with Crippen LogP contribution in [-0.2, 0) is 19.8 Å². The number of amides is 3. The highest BCUT2D eigenvalue weighted by Crippen LogP contribution is 2.35. The Hall–Kier alpha value is -2.43. The van der Waals surface area contributed by atoms with E-state index in [1.165, 1.54) is 10.5 Å². The molecule has 1 aliphatic carbocycles. The van der Waals surface area contributed by atoms with Crippen LogP contribution in [0.1, 0.15) is 64.1 Å². The summed E-state index contributed by atoms with van der Waals surface area (Å²) in [6, 6.07) is 8.14. The Morgan fingerprint density at radius 3 is 2.11 bits per heavy atom. The second kappa shape index (κ2) is 7.90. The van der Waals surface area contributed by atoms with Gasteiger partial charge in [-0.1, -0.05) is 57.2 Å². The van der Waals surface area contributed by atoms with Crippen molar-refractivity contribution in [2.45, 2.75) is 58.4 Å². The summed E-state index contributed by atoms with van der Waals surface area (Å²) < 4.78 is 0. The van der Waals surface area contributed by atoms with Crippen LogP contribution in [0.3, 0.4) is 0 Å². The number of allylic oxidation sites excluding steroid dienone is 2. The maximum atomic E-state index is 12.5. The molecule has 150 valence electrons. The van der Waals surface area contributed by atoms with Crippen molar-refractivity contribution in [1.82, 2.24) is 10.2 Å². The number of carbonyl (C=O) groups excluding carboxylic acids is 3. The summed E-state index contributed by atoms with van der Waals surface area (Å²) in [7, 11) is 0. The fourth-order valence-electron chi connectivity index (χ4n) is 3.97. The van der Waals surface area contributed by atoms with Gasteiger partial charge in [0.05, 0.1) is 17.9 Å². The monoisotopic (exact) mass is 382 g/mol. The van der Waals surface area contributed by atoms with Crippen LogP contribution in [0, 0.1) is 11.8 Å². The molecule has 1 aromatic carbocycles. The molecule has 1 aromatic rings. The van der Waals surface area contributed by atoms with Gasteiger partial charge in [-0.3, -0.25) is 19.3 Å². The summed E-state index contributed by atoms with van der Waals surface area (Å²) in [4.78, 5) is 38.6. The average Bonchev–Trinajstić information content (AvgIpc) is 2.90. The van der Waals surface area contributed by atoms with Crippen molar-refractivity contribution in [2.24, 2.45) is 11.8 Å². The lowest BCUT2D eigenvalue weighted by atomic mass is 9.85. The zero-order chi connectivity index (χ0) is 20.5. The molecule has 0 aromatic heterocycles. The van der Waals surface area contributed by atoms with Gasteiger partial charge in [-0.25, -0.2) is 0 Å². The Morgan fingerprint density at radius 1 is 1.07 bits per heavy atom. The van der Waals surface area contributed by atoms with Crippen molar-refractivity contribution in [3.05, 3.63) is 47.5 Å². The van der Waals surface area contributed by atoms with Crippen LogP contribution in [0.4, 0.5) is 0 Å². The molecule has 0 unspecified atom stereocenters. The zero-order valence-corrected chi connectivity index (χ0v) is 17.2. The normalized spacial score (nSPS) is 22.9. The number of hydrogen-bond donors (Lipinski definition) is 1. The smallest absolute Gasteiger partial charge is 0.233 e. The van der Waals surface area contributed by atoms with E-state index in [4.69, 9.17) is 0 Å². The summed E-state index contributed by atoms with van der Waals surface area (Å²) in [5.41, 5.74) is 2.37. The van der Waals surface area contributed by atoms with Crippen LogP contribution < -0.4 is 5.32 Å². The lowest BCUT2D eigenvalue weighted by molar-refractivity contribution is -0.140. The molecule has 3 atom stereocenters. The topological polar surface area (TPSA) is 66.5 Å². The molecule has 0 bridgehead atoms. The third-order valence-electron chi connectivity index (χ3n) is 5.82.